The number of alkyl halides is 1. The summed E-state index contributed by atoms with van der Waals surface area (Å²) in [6.45, 7) is 4.76. The second-order valence-electron chi connectivity index (χ2n) is 3.48. The SMILES string of the molecule is COC(=O)N[C@@H](C)C(C)(C)CF. The molecule has 0 radical (unpaired) electrons. The van der Waals surface area contributed by atoms with Crippen molar-refractivity contribution in [3.8, 4) is 0 Å². The van der Waals surface area contributed by atoms with Gasteiger partial charge >= 0.3 is 6.09 Å². The van der Waals surface area contributed by atoms with Crippen molar-refractivity contribution in [2.75, 3.05) is 13.8 Å². The van der Waals surface area contributed by atoms with Crippen LogP contribution < -0.4 is 5.32 Å². The molecule has 0 bridgehead atoms. The summed E-state index contributed by atoms with van der Waals surface area (Å²) in [6.07, 6.45) is -0.524. The summed E-state index contributed by atoms with van der Waals surface area (Å²) in [4.78, 5) is 10.7. The van der Waals surface area contributed by atoms with Crippen molar-refractivity contribution in [2.45, 2.75) is 26.8 Å². The second kappa shape index (κ2) is 4.28. The third-order valence-electron chi connectivity index (χ3n) is 2.04. The number of hydrogen-bond donors (Lipinski definition) is 1. The number of carbonyl (C=O) groups is 1. The van der Waals surface area contributed by atoms with Crippen molar-refractivity contribution in [2.24, 2.45) is 5.41 Å². The molecule has 0 saturated heterocycles. The van der Waals surface area contributed by atoms with E-state index in [9.17, 15) is 9.18 Å². The number of methoxy groups -OCH3 is 1. The minimum absolute atomic E-state index is 0.241. The maximum absolute atomic E-state index is 12.4. The summed E-state index contributed by atoms with van der Waals surface area (Å²) in [5, 5.41) is 2.52. The quantitative estimate of drug-likeness (QED) is 0.712. The Morgan fingerprint density at radius 2 is 2.17 bits per heavy atom. The Morgan fingerprint density at radius 1 is 1.67 bits per heavy atom. The molecule has 0 aliphatic carbocycles. The summed E-state index contributed by atoms with van der Waals surface area (Å²) in [7, 11) is 1.28. The van der Waals surface area contributed by atoms with Gasteiger partial charge < -0.3 is 10.1 Å². The predicted octanol–water partition coefficient (Wildman–Crippen LogP) is 1.73. The van der Waals surface area contributed by atoms with Crippen molar-refractivity contribution in [3.63, 3.8) is 0 Å². The fraction of sp³-hybridized carbons (Fsp3) is 0.875. The van der Waals surface area contributed by atoms with Crippen molar-refractivity contribution in [1.82, 2.24) is 5.32 Å². The molecule has 0 unspecified atom stereocenters. The lowest BCUT2D eigenvalue weighted by Gasteiger charge is -2.28. The van der Waals surface area contributed by atoms with Crippen LogP contribution in [0.1, 0.15) is 20.8 Å². The third kappa shape index (κ3) is 3.07. The zero-order chi connectivity index (χ0) is 9.78. The highest BCUT2D eigenvalue weighted by atomic mass is 19.1. The summed E-state index contributed by atoms with van der Waals surface area (Å²) in [6, 6.07) is -0.241. The van der Waals surface area contributed by atoms with Crippen LogP contribution in [-0.4, -0.2) is 25.9 Å². The van der Waals surface area contributed by atoms with Crippen LogP contribution in [0.2, 0.25) is 0 Å². The molecule has 12 heavy (non-hydrogen) atoms. The number of ether oxygens (including phenoxy) is 1. The van der Waals surface area contributed by atoms with Crippen LogP contribution in [0.4, 0.5) is 9.18 Å². The normalized spacial score (nSPS) is 13.8. The van der Waals surface area contributed by atoms with Gasteiger partial charge in [0.05, 0.1) is 13.8 Å². The molecule has 0 saturated carbocycles. The highest BCUT2D eigenvalue weighted by molar-refractivity contribution is 5.67. The van der Waals surface area contributed by atoms with Gasteiger partial charge in [-0.15, -0.1) is 0 Å². The van der Waals surface area contributed by atoms with Crippen LogP contribution in [0.15, 0.2) is 0 Å². The van der Waals surface area contributed by atoms with Gasteiger partial charge in [-0.3, -0.25) is 4.39 Å². The highest BCUT2D eigenvalue weighted by Crippen LogP contribution is 2.20. The van der Waals surface area contributed by atoms with Gasteiger partial charge in [-0.1, -0.05) is 13.8 Å². The van der Waals surface area contributed by atoms with E-state index in [2.05, 4.69) is 10.1 Å². The van der Waals surface area contributed by atoms with E-state index in [1.807, 2.05) is 0 Å². The van der Waals surface area contributed by atoms with Crippen LogP contribution in [0.25, 0.3) is 0 Å². The van der Waals surface area contributed by atoms with E-state index in [1.54, 1.807) is 20.8 Å². The molecule has 0 rings (SSSR count). The first-order valence-corrected chi connectivity index (χ1v) is 3.84. The number of amides is 1. The average Bonchev–Trinajstić information content (AvgIpc) is 2.04. The fourth-order valence-electron chi connectivity index (χ4n) is 0.547. The van der Waals surface area contributed by atoms with E-state index >= 15 is 0 Å². The molecular weight excluding hydrogens is 161 g/mol. The van der Waals surface area contributed by atoms with Crippen molar-refractivity contribution in [1.29, 1.82) is 0 Å². The van der Waals surface area contributed by atoms with Gasteiger partial charge in [-0.25, -0.2) is 4.79 Å². The van der Waals surface area contributed by atoms with E-state index in [0.29, 0.717) is 0 Å². The number of carbonyl (C=O) groups excluding carboxylic acids is 1. The lowest BCUT2D eigenvalue weighted by Crippen LogP contribution is -2.43. The molecule has 4 heteroatoms. The molecule has 0 aromatic carbocycles. The molecule has 3 nitrogen and oxygen atoms in total. The molecule has 0 aliphatic heterocycles. The predicted molar refractivity (Wildman–Crippen MR) is 44.8 cm³/mol. The topological polar surface area (TPSA) is 38.3 Å². The van der Waals surface area contributed by atoms with E-state index < -0.39 is 18.2 Å². The molecule has 1 atom stereocenters. The number of nitrogens with one attached hydrogen (secondary N) is 1. The molecule has 0 aliphatic rings. The summed E-state index contributed by atoms with van der Waals surface area (Å²) < 4.78 is 16.8. The molecule has 0 aromatic rings. The molecule has 0 spiro atoms. The Kier molecular flexibility index (Phi) is 4.00. The zero-order valence-electron chi connectivity index (χ0n) is 7.98. The number of alkyl carbamates (subject to hydrolysis) is 1. The number of halogens is 1. The second-order valence-corrected chi connectivity index (χ2v) is 3.48. The Bertz CT molecular complexity index is 159. The standard InChI is InChI=1S/C8H16FNO2/c1-6(8(2,3)5-9)10-7(11)12-4/h6H,5H2,1-4H3,(H,10,11)/t6-/m0/s1. The first kappa shape index (κ1) is 11.2. The van der Waals surface area contributed by atoms with Crippen LogP contribution in [0.5, 0.6) is 0 Å². The van der Waals surface area contributed by atoms with Crippen molar-refractivity contribution < 1.29 is 13.9 Å². The number of hydrogen-bond acceptors (Lipinski definition) is 2. The van der Waals surface area contributed by atoms with E-state index in [4.69, 9.17) is 0 Å². The van der Waals surface area contributed by atoms with Gasteiger partial charge in [0.2, 0.25) is 0 Å². The molecule has 1 N–H and O–H groups in total. The Labute approximate surface area is 72.3 Å². The van der Waals surface area contributed by atoms with Gasteiger partial charge in [0.15, 0.2) is 0 Å². The smallest absolute Gasteiger partial charge is 0.407 e. The Hall–Kier alpha value is -0.800. The van der Waals surface area contributed by atoms with E-state index in [1.165, 1.54) is 7.11 Å². The first-order chi connectivity index (χ1) is 5.44. The van der Waals surface area contributed by atoms with Gasteiger partial charge in [-0.05, 0) is 6.92 Å². The lowest BCUT2D eigenvalue weighted by molar-refractivity contribution is 0.143. The Balaban J connectivity index is 4.02. The average molecular weight is 177 g/mol. The maximum Gasteiger partial charge on any atom is 0.407 e. The monoisotopic (exact) mass is 177 g/mol. The maximum atomic E-state index is 12.4. The first-order valence-electron chi connectivity index (χ1n) is 3.84. The summed E-state index contributed by atoms with van der Waals surface area (Å²) in [5.41, 5.74) is -0.547. The Morgan fingerprint density at radius 3 is 2.50 bits per heavy atom. The van der Waals surface area contributed by atoms with Crippen LogP contribution in [0, 0.1) is 5.41 Å². The zero-order valence-corrected chi connectivity index (χ0v) is 7.98. The van der Waals surface area contributed by atoms with Gasteiger partial charge in [0.25, 0.3) is 0 Å². The molecular formula is C8H16FNO2. The van der Waals surface area contributed by atoms with Crippen LogP contribution in [-0.2, 0) is 4.74 Å². The molecule has 72 valence electrons. The van der Waals surface area contributed by atoms with Crippen molar-refractivity contribution in [3.05, 3.63) is 0 Å². The minimum Gasteiger partial charge on any atom is -0.453 e. The van der Waals surface area contributed by atoms with E-state index in [-0.39, 0.29) is 6.04 Å². The van der Waals surface area contributed by atoms with Crippen LogP contribution in [0.3, 0.4) is 0 Å². The minimum atomic E-state index is -0.547. The molecule has 1 amide bonds. The molecule has 0 fully saturated rings. The lowest BCUT2D eigenvalue weighted by atomic mass is 9.87. The van der Waals surface area contributed by atoms with Gasteiger partial charge in [-0.2, -0.15) is 0 Å². The number of rotatable bonds is 3. The van der Waals surface area contributed by atoms with Crippen molar-refractivity contribution >= 4 is 6.09 Å². The fourth-order valence-corrected chi connectivity index (χ4v) is 0.547. The van der Waals surface area contributed by atoms with Gasteiger partial charge in [0.1, 0.15) is 0 Å². The summed E-state index contributed by atoms with van der Waals surface area (Å²) >= 11 is 0. The summed E-state index contributed by atoms with van der Waals surface area (Å²) in [5.74, 6) is 0. The highest BCUT2D eigenvalue weighted by Gasteiger charge is 2.27. The molecule has 0 aromatic heterocycles. The molecule has 0 heterocycles. The van der Waals surface area contributed by atoms with Gasteiger partial charge in [0, 0.05) is 11.5 Å². The van der Waals surface area contributed by atoms with Crippen LogP contribution >= 0.6 is 0 Å². The van der Waals surface area contributed by atoms with E-state index in [0.717, 1.165) is 0 Å². The third-order valence-corrected chi connectivity index (χ3v) is 2.04. The largest absolute Gasteiger partial charge is 0.453 e.